The lowest BCUT2D eigenvalue weighted by Crippen LogP contribution is -2.48. The zero-order valence-corrected chi connectivity index (χ0v) is 17.7. The molecule has 1 N–H and O–H groups in total. The van der Waals surface area contributed by atoms with Gasteiger partial charge in [-0.15, -0.1) is 0 Å². The highest BCUT2D eigenvalue weighted by Crippen LogP contribution is 2.29. The van der Waals surface area contributed by atoms with Crippen LogP contribution in [0.1, 0.15) is 24.1 Å². The van der Waals surface area contributed by atoms with E-state index in [2.05, 4.69) is 58.5 Å². The Morgan fingerprint density at radius 2 is 2.07 bits per heavy atom. The van der Waals surface area contributed by atoms with Crippen LogP contribution in [0, 0.1) is 12.8 Å². The van der Waals surface area contributed by atoms with Gasteiger partial charge in [0.1, 0.15) is 6.33 Å². The third-order valence-corrected chi connectivity index (χ3v) is 5.74. The molecule has 154 valence electrons. The predicted molar refractivity (Wildman–Crippen MR) is 123 cm³/mol. The number of aliphatic imine (C=N–C) groups is 1. The molecule has 0 aliphatic carbocycles. The van der Waals surface area contributed by atoms with Crippen LogP contribution < -0.4 is 5.32 Å². The molecule has 4 rings (SSSR count). The number of aromatic nitrogens is 2. The zero-order chi connectivity index (χ0) is 21.1. The van der Waals surface area contributed by atoms with Gasteiger partial charge in [0.15, 0.2) is 0 Å². The molecule has 0 spiro atoms. The van der Waals surface area contributed by atoms with E-state index in [1.807, 2.05) is 30.2 Å². The molecule has 1 aromatic heterocycles. The van der Waals surface area contributed by atoms with Crippen LogP contribution in [0.15, 0.2) is 78.5 Å². The van der Waals surface area contributed by atoms with Crippen LogP contribution >= 0.6 is 0 Å². The van der Waals surface area contributed by atoms with Crippen LogP contribution in [0.5, 0.6) is 0 Å². The number of para-hydroxylation sites is 1. The Labute approximate surface area is 178 Å². The molecule has 6 heteroatoms. The maximum Gasteiger partial charge on any atom is 0.206 e. The summed E-state index contributed by atoms with van der Waals surface area (Å²) in [4.78, 5) is 17.7. The van der Waals surface area contributed by atoms with Gasteiger partial charge in [-0.05, 0) is 43.5 Å². The first-order valence-electron chi connectivity index (χ1n) is 10.3. The molecule has 1 unspecified atom stereocenters. The summed E-state index contributed by atoms with van der Waals surface area (Å²) in [5.41, 5.74) is 5.91. The maximum atomic E-state index is 4.93. The fourth-order valence-electron chi connectivity index (χ4n) is 3.89. The van der Waals surface area contributed by atoms with Crippen molar-refractivity contribution in [3.05, 3.63) is 84.7 Å². The molecule has 30 heavy (non-hydrogen) atoms. The van der Waals surface area contributed by atoms with Gasteiger partial charge in [-0.1, -0.05) is 31.4 Å². The Bertz CT molecular complexity index is 1010. The molecule has 1 fully saturated rings. The van der Waals surface area contributed by atoms with Crippen LogP contribution in [0.3, 0.4) is 0 Å². The Balaban J connectivity index is 1.52. The molecule has 2 aliphatic rings. The summed E-state index contributed by atoms with van der Waals surface area (Å²) >= 11 is 0. The first-order valence-corrected chi connectivity index (χ1v) is 10.3. The van der Waals surface area contributed by atoms with E-state index >= 15 is 0 Å². The number of nitrogens with one attached hydrogen (secondary N) is 1. The van der Waals surface area contributed by atoms with Crippen molar-refractivity contribution in [2.45, 2.75) is 19.8 Å². The summed E-state index contributed by atoms with van der Waals surface area (Å²) in [6.07, 6.45) is 7.44. The zero-order valence-electron chi connectivity index (χ0n) is 17.7. The largest absolute Gasteiger partial charge is 0.359 e. The Kier molecular flexibility index (Phi) is 5.65. The minimum Gasteiger partial charge on any atom is -0.359 e. The third-order valence-electron chi connectivity index (χ3n) is 5.74. The van der Waals surface area contributed by atoms with E-state index in [4.69, 9.17) is 4.99 Å². The van der Waals surface area contributed by atoms with E-state index in [0.29, 0.717) is 5.92 Å². The van der Waals surface area contributed by atoms with Crippen LogP contribution in [-0.2, 0) is 0 Å². The second-order valence-electron chi connectivity index (χ2n) is 7.84. The number of rotatable bonds is 4. The second-order valence-corrected chi connectivity index (χ2v) is 7.84. The van der Waals surface area contributed by atoms with Crippen molar-refractivity contribution in [2.75, 3.05) is 25.5 Å². The number of guanidine groups is 1. The number of allylic oxidation sites excluding steroid dienone is 1. The summed E-state index contributed by atoms with van der Waals surface area (Å²) < 4.78 is 0. The SMILES string of the molecule is C=C(Nc1ccccc1C)C1CCCN(C2=NC(c3ccncn3)=CC(=C)N2C)C1. The van der Waals surface area contributed by atoms with Crippen LogP contribution in [0.2, 0.25) is 0 Å². The van der Waals surface area contributed by atoms with Crippen molar-refractivity contribution in [2.24, 2.45) is 10.9 Å². The van der Waals surface area contributed by atoms with Crippen molar-refractivity contribution in [3.63, 3.8) is 0 Å². The van der Waals surface area contributed by atoms with Crippen molar-refractivity contribution >= 4 is 17.3 Å². The number of nitrogens with zero attached hydrogens (tertiary/aromatic N) is 5. The lowest BCUT2D eigenvalue weighted by Gasteiger charge is -2.40. The van der Waals surface area contributed by atoms with Gasteiger partial charge in [-0.3, -0.25) is 0 Å². The van der Waals surface area contributed by atoms with Crippen molar-refractivity contribution < 1.29 is 0 Å². The number of aryl methyl sites for hydroxylation is 1. The van der Waals surface area contributed by atoms with Crippen molar-refractivity contribution in [1.29, 1.82) is 0 Å². The molecule has 3 heterocycles. The molecule has 1 aromatic carbocycles. The molecule has 6 nitrogen and oxygen atoms in total. The molecule has 0 bridgehead atoms. The topological polar surface area (TPSA) is 56.6 Å². The first-order chi connectivity index (χ1) is 14.5. The molecule has 0 saturated carbocycles. The summed E-state index contributed by atoms with van der Waals surface area (Å²) in [5, 5.41) is 3.54. The minimum absolute atomic E-state index is 0.344. The van der Waals surface area contributed by atoms with E-state index in [0.717, 1.165) is 60.4 Å². The van der Waals surface area contributed by atoms with E-state index in [-0.39, 0.29) is 0 Å². The van der Waals surface area contributed by atoms with Gasteiger partial charge < -0.3 is 15.1 Å². The Hall–Kier alpha value is -3.41. The first kappa shape index (κ1) is 19.9. The average Bonchev–Trinajstić information content (AvgIpc) is 2.78. The van der Waals surface area contributed by atoms with Crippen LogP contribution in [-0.4, -0.2) is 45.9 Å². The molecule has 0 amide bonds. The van der Waals surface area contributed by atoms with Crippen molar-refractivity contribution in [1.82, 2.24) is 19.8 Å². The number of likely N-dealkylation sites (N-methyl/N-ethyl adjacent to an activating group) is 1. The lowest BCUT2D eigenvalue weighted by molar-refractivity contribution is 0.264. The Morgan fingerprint density at radius 1 is 1.23 bits per heavy atom. The monoisotopic (exact) mass is 400 g/mol. The molecule has 2 aliphatic heterocycles. The molecular formula is C24H28N6. The Morgan fingerprint density at radius 3 is 2.83 bits per heavy atom. The highest BCUT2D eigenvalue weighted by molar-refractivity contribution is 5.90. The van der Waals surface area contributed by atoms with E-state index in [1.54, 1.807) is 12.5 Å². The van der Waals surface area contributed by atoms with Gasteiger partial charge in [0.2, 0.25) is 5.96 Å². The predicted octanol–water partition coefficient (Wildman–Crippen LogP) is 4.28. The standard InChI is InChI=1S/C24H28N6/c1-17-8-5-6-10-21(17)27-19(3)20-9-7-13-30(15-20)24-28-23(14-18(2)29(24)4)22-11-12-25-16-26-22/h5-6,8,10-12,14,16,20,27H,2-3,7,9,13,15H2,1,4H3. The summed E-state index contributed by atoms with van der Waals surface area (Å²) in [5.74, 6) is 1.25. The van der Waals surface area contributed by atoms with Gasteiger partial charge in [0.05, 0.1) is 11.4 Å². The van der Waals surface area contributed by atoms with Gasteiger partial charge in [0.25, 0.3) is 0 Å². The van der Waals surface area contributed by atoms with Crippen LogP contribution in [0.25, 0.3) is 5.70 Å². The molecule has 1 atom stereocenters. The number of likely N-dealkylation sites (tertiary alicyclic amines) is 1. The molecule has 2 aromatic rings. The van der Waals surface area contributed by atoms with Gasteiger partial charge in [-0.2, -0.15) is 0 Å². The van der Waals surface area contributed by atoms with Crippen LogP contribution in [0.4, 0.5) is 5.69 Å². The van der Waals surface area contributed by atoms with Gasteiger partial charge in [-0.25, -0.2) is 15.0 Å². The fraction of sp³-hybridized carbons (Fsp3) is 0.292. The maximum absolute atomic E-state index is 4.93. The highest BCUT2D eigenvalue weighted by atomic mass is 15.4. The summed E-state index contributed by atoms with van der Waals surface area (Å²) in [7, 11) is 2.01. The van der Waals surface area contributed by atoms with Gasteiger partial charge in [0, 0.05) is 49.3 Å². The molecule has 0 radical (unpaired) electrons. The normalized spacial score (nSPS) is 19.3. The van der Waals surface area contributed by atoms with E-state index in [1.165, 1.54) is 5.56 Å². The summed E-state index contributed by atoms with van der Waals surface area (Å²) in [6, 6.07) is 10.2. The number of hydrogen-bond acceptors (Lipinski definition) is 6. The number of benzene rings is 1. The second kappa shape index (κ2) is 8.53. The molecular weight excluding hydrogens is 372 g/mol. The number of anilines is 1. The quantitative estimate of drug-likeness (QED) is 0.830. The fourth-order valence-corrected chi connectivity index (χ4v) is 3.89. The smallest absolute Gasteiger partial charge is 0.206 e. The van der Waals surface area contributed by atoms with Gasteiger partial charge >= 0.3 is 0 Å². The third kappa shape index (κ3) is 4.13. The molecule has 1 saturated heterocycles. The van der Waals surface area contributed by atoms with E-state index < -0.39 is 0 Å². The highest BCUT2D eigenvalue weighted by Gasteiger charge is 2.29. The minimum atomic E-state index is 0.344. The lowest BCUT2D eigenvalue weighted by atomic mass is 9.95. The summed E-state index contributed by atoms with van der Waals surface area (Å²) in [6.45, 7) is 12.5. The average molecular weight is 401 g/mol. The number of hydrogen-bond donors (Lipinski definition) is 1. The van der Waals surface area contributed by atoms with E-state index in [9.17, 15) is 0 Å². The van der Waals surface area contributed by atoms with Crippen molar-refractivity contribution in [3.8, 4) is 0 Å². The number of piperidine rings is 1.